The van der Waals surface area contributed by atoms with Crippen LogP contribution in [0.3, 0.4) is 0 Å². The Hall–Kier alpha value is -3.70. The van der Waals surface area contributed by atoms with E-state index in [1.165, 1.54) is 6.20 Å². The molecule has 2 aromatic heterocycles. The first kappa shape index (κ1) is 23.5. The molecule has 1 amide bonds. The van der Waals surface area contributed by atoms with E-state index in [-0.39, 0.29) is 11.5 Å². The van der Waals surface area contributed by atoms with Gasteiger partial charge in [-0.05, 0) is 43.3 Å². The quantitative estimate of drug-likeness (QED) is 0.323. The maximum Gasteiger partial charge on any atom is 0.278 e. The van der Waals surface area contributed by atoms with E-state index >= 15 is 0 Å². The first-order valence-electron chi connectivity index (χ1n) is 11.0. The van der Waals surface area contributed by atoms with Gasteiger partial charge in [0.25, 0.3) is 5.91 Å². The van der Waals surface area contributed by atoms with Crippen molar-refractivity contribution in [1.82, 2.24) is 20.2 Å². The van der Waals surface area contributed by atoms with Gasteiger partial charge in [-0.15, -0.1) is 0 Å². The van der Waals surface area contributed by atoms with E-state index in [9.17, 15) is 4.79 Å². The van der Waals surface area contributed by atoms with Gasteiger partial charge in [0.2, 0.25) is 0 Å². The van der Waals surface area contributed by atoms with Crippen molar-refractivity contribution < 1.29 is 14.3 Å². The van der Waals surface area contributed by atoms with Gasteiger partial charge in [0, 0.05) is 24.8 Å². The highest BCUT2D eigenvalue weighted by atomic mass is 16.5. The van der Waals surface area contributed by atoms with Crippen molar-refractivity contribution in [2.45, 2.75) is 6.42 Å². The summed E-state index contributed by atoms with van der Waals surface area (Å²) in [5.41, 5.74) is 8.80. The van der Waals surface area contributed by atoms with E-state index in [0.29, 0.717) is 37.7 Å². The summed E-state index contributed by atoms with van der Waals surface area (Å²) in [7, 11) is 5.26. The number of benzene rings is 1. The fraction of sp³-hybridized carbons (Fsp3) is 0.304. The molecule has 0 atom stereocenters. The maximum atomic E-state index is 13.1. The van der Waals surface area contributed by atoms with Crippen LogP contribution in [0.1, 0.15) is 16.9 Å². The number of hydrogen-bond donors (Lipinski definition) is 3. The van der Waals surface area contributed by atoms with Crippen LogP contribution in [0.15, 0.2) is 48.9 Å². The number of morpholine rings is 1. The highest BCUT2D eigenvalue weighted by Gasteiger charge is 2.19. The molecule has 174 valence electrons. The first-order valence-corrected chi connectivity index (χ1v) is 11.0. The molecular formula is C23H26BN7O3. The molecule has 1 aromatic carbocycles. The Bertz CT molecular complexity index is 1110. The second kappa shape index (κ2) is 11.4. The van der Waals surface area contributed by atoms with Crippen molar-refractivity contribution >= 4 is 31.1 Å². The molecule has 4 rings (SSSR count). The lowest BCUT2D eigenvalue weighted by Gasteiger charge is -2.30. The molecule has 10 nitrogen and oxygen atoms in total. The normalized spacial score (nSPS) is 13.5. The molecule has 0 unspecified atom stereocenters. The lowest BCUT2D eigenvalue weighted by atomic mass is 10.1. The summed E-state index contributed by atoms with van der Waals surface area (Å²) in [6.45, 7) is 3.95. The van der Waals surface area contributed by atoms with Gasteiger partial charge in [-0.3, -0.25) is 9.78 Å². The number of nitrogens with two attached hydrogens (primary N) is 1. The van der Waals surface area contributed by atoms with Crippen LogP contribution in [0.4, 0.5) is 17.2 Å². The first-order chi connectivity index (χ1) is 16.7. The average Bonchev–Trinajstić information content (AvgIpc) is 2.88. The van der Waals surface area contributed by atoms with Crippen molar-refractivity contribution in [2.24, 2.45) is 0 Å². The molecule has 0 spiro atoms. The fourth-order valence-electron chi connectivity index (χ4n) is 3.54. The summed E-state index contributed by atoms with van der Waals surface area (Å²) in [5, 5.41) is 5.48. The van der Waals surface area contributed by atoms with E-state index < -0.39 is 5.91 Å². The molecule has 3 heterocycles. The third-order valence-electron chi connectivity index (χ3n) is 5.30. The second-order valence-electron chi connectivity index (χ2n) is 7.62. The number of rotatable bonds is 9. The fourth-order valence-corrected chi connectivity index (χ4v) is 3.54. The Morgan fingerprint density at radius 2 is 1.97 bits per heavy atom. The van der Waals surface area contributed by atoms with Gasteiger partial charge in [0.05, 0.1) is 49.3 Å². The van der Waals surface area contributed by atoms with Crippen molar-refractivity contribution in [1.29, 1.82) is 0 Å². The standard InChI is InChI=1S/C23H26BN7O3/c24-28-7-1-11-34-17-4-2-16(3-5-17)18-15-27-22(25)21(29-18)23(32)30-19-14-26-8-6-20(19)31-9-12-33-13-10-31/h2-6,8,14-15,28H,1,7,9-13H2,(H2,25,27)(H,30,32). The zero-order valence-corrected chi connectivity index (χ0v) is 18.7. The number of hydrogen-bond acceptors (Lipinski definition) is 9. The molecule has 1 fully saturated rings. The third kappa shape index (κ3) is 5.80. The number of pyridine rings is 1. The van der Waals surface area contributed by atoms with Crippen LogP contribution in [0.5, 0.6) is 5.75 Å². The minimum absolute atomic E-state index is 0.0453. The number of nitrogen functional groups attached to an aromatic ring is 1. The van der Waals surface area contributed by atoms with Crippen LogP contribution in [-0.4, -0.2) is 68.3 Å². The van der Waals surface area contributed by atoms with Crippen LogP contribution in [0.25, 0.3) is 11.3 Å². The van der Waals surface area contributed by atoms with E-state index in [4.69, 9.17) is 23.2 Å². The van der Waals surface area contributed by atoms with Gasteiger partial charge in [-0.25, -0.2) is 9.97 Å². The summed E-state index contributed by atoms with van der Waals surface area (Å²) in [6, 6.07) is 9.26. The number of aromatic nitrogens is 3. The van der Waals surface area contributed by atoms with E-state index in [1.54, 1.807) is 12.4 Å². The van der Waals surface area contributed by atoms with Crippen LogP contribution < -0.4 is 25.9 Å². The smallest absolute Gasteiger partial charge is 0.278 e. The molecule has 11 heteroatoms. The second-order valence-corrected chi connectivity index (χ2v) is 7.62. The van der Waals surface area contributed by atoms with Gasteiger partial charge in [-0.1, -0.05) is 0 Å². The number of carbonyl (C=O) groups excluding carboxylic acids is 1. The molecule has 3 aromatic rings. The summed E-state index contributed by atoms with van der Waals surface area (Å²) in [4.78, 5) is 28.0. The van der Waals surface area contributed by atoms with Gasteiger partial charge in [0.15, 0.2) is 19.5 Å². The Morgan fingerprint density at radius 3 is 2.74 bits per heavy atom. The summed E-state index contributed by atoms with van der Waals surface area (Å²) < 4.78 is 11.1. The van der Waals surface area contributed by atoms with Gasteiger partial charge >= 0.3 is 0 Å². The molecule has 1 aliphatic heterocycles. The van der Waals surface area contributed by atoms with E-state index in [2.05, 4.69) is 30.4 Å². The summed E-state index contributed by atoms with van der Waals surface area (Å²) >= 11 is 0. The van der Waals surface area contributed by atoms with E-state index in [0.717, 1.165) is 36.5 Å². The van der Waals surface area contributed by atoms with Crippen molar-refractivity contribution in [3.05, 3.63) is 54.6 Å². The summed E-state index contributed by atoms with van der Waals surface area (Å²) in [6.07, 6.45) is 5.64. The Morgan fingerprint density at radius 1 is 1.18 bits per heavy atom. The molecule has 2 radical (unpaired) electrons. The topological polar surface area (TPSA) is 128 Å². The molecular weight excluding hydrogens is 433 g/mol. The number of amides is 1. The molecule has 0 aliphatic carbocycles. The SMILES string of the molecule is [B]NCCCOc1ccc(-c2cnc(N)c(C(=O)Nc3cnccc3N3CCOCC3)n2)cc1. The zero-order chi connectivity index (χ0) is 23.8. The lowest BCUT2D eigenvalue weighted by Crippen LogP contribution is -2.36. The highest BCUT2D eigenvalue weighted by molar-refractivity contribution is 6.07. The largest absolute Gasteiger partial charge is 0.494 e. The molecule has 0 saturated carbocycles. The van der Waals surface area contributed by atoms with Gasteiger partial charge in [-0.2, -0.15) is 0 Å². The monoisotopic (exact) mass is 459 g/mol. The molecule has 34 heavy (non-hydrogen) atoms. The van der Waals surface area contributed by atoms with Crippen molar-refractivity contribution in [2.75, 3.05) is 55.4 Å². The highest BCUT2D eigenvalue weighted by Crippen LogP contribution is 2.27. The number of nitrogens with one attached hydrogen (secondary N) is 2. The van der Waals surface area contributed by atoms with Crippen molar-refractivity contribution in [3.8, 4) is 17.0 Å². The Kier molecular flexibility index (Phi) is 7.89. The molecule has 4 N–H and O–H groups in total. The van der Waals surface area contributed by atoms with Crippen molar-refractivity contribution in [3.63, 3.8) is 0 Å². The number of carbonyl (C=O) groups is 1. The minimum atomic E-state index is -0.456. The number of ether oxygens (including phenoxy) is 2. The zero-order valence-electron chi connectivity index (χ0n) is 18.7. The predicted molar refractivity (Wildman–Crippen MR) is 131 cm³/mol. The van der Waals surface area contributed by atoms with Gasteiger partial charge in [0.1, 0.15) is 5.75 Å². The van der Waals surface area contributed by atoms with Crippen LogP contribution in [-0.2, 0) is 4.74 Å². The van der Waals surface area contributed by atoms with Crippen LogP contribution in [0, 0.1) is 0 Å². The Balaban J connectivity index is 1.49. The third-order valence-corrected chi connectivity index (χ3v) is 5.30. The molecule has 1 saturated heterocycles. The van der Waals surface area contributed by atoms with E-state index in [1.807, 2.05) is 30.3 Å². The predicted octanol–water partition coefficient (Wildman–Crippen LogP) is 1.65. The van der Waals surface area contributed by atoms with Crippen LogP contribution in [0.2, 0.25) is 0 Å². The average molecular weight is 459 g/mol. The maximum absolute atomic E-state index is 13.1. The lowest BCUT2D eigenvalue weighted by molar-refractivity contribution is 0.102. The molecule has 1 aliphatic rings. The number of nitrogens with zero attached hydrogens (tertiary/aromatic N) is 4. The summed E-state index contributed by atoms with van der Waals surface area (Å²) in [5.74, 6) is 0.323. The minimum Gasteiger partial charge on any atom is -0.494 e. The van der Waals surface area contributed by atoms with Gasteiger partial charge < -0.3 is 30.7 Å². The Labute approximate surface area is 199 Å². The molecule has 0 bridgehead atoms. The van der Waals surface area contributed by atoms with Crippen LogP contribution >= 0.6 is 0 Å². The number of anilines is 3.